The Morgan fingerprint density at radius 2 is 1.97 bits per heavy atom. The zero-order valence-electron chi connectivity index (χ0n) is 17.5. The van der Waals surface area contributed by atoms with Crippen molar-refractivity contribution in [3.8, 4) is 11.4 Å². The van der Waals surface area contributed by atoms with E-state index in [1.165, 1.54) is 11.8 Å². The molecular formula is C21H27N5O2S. The second-order valence-electron chi connectivity index (χ2n) is 7.02. The van der Waals surface area contributed by atoms with E-state index in [-0.39, 0.29) is 11.7 Å². The first-order valence-electron chi connectivity index (χ1n) is 9.64. The number of thioether (sulfide) groups is 1. The molecule has 2 aromatic heterocycles. The molecule has 0 atom stereocenters. The van der Waals surface area contributed by atoms with Gasteiger partial charge in [-0.1, -0.05) is 11.8 Å². The minimum atomic E-state index is -0.0806. The van der Waals surface area contributed by atoms with Crippen molar-refractivity contribution in [1.29, 1.82) is 0 Å². The molecule has 0 radical (unpaired) electrons. The highest BCUT2D eigenvalue weighted by Crippen LogP contribution is 2.26. The van der Waals surface area contributed by atoms with Crippen molar-refractivity contribution in [3.63, 3.8) is 0 Å². The molecular weight excluding hydrogens is 386 g/mol. The van der Waals surface area contributed by atoms with Crippen molar-refractivity contribution < 1.29 is 9.21 Å². The molecule has 7 nitrogen and oxygen atoms in total. The molecule has 0 aliphatic rings. The molecule has 0 spiro atoms. The summed E-state index contributed by atoms with van der Waals surface area (Å²) in [7, 11) is 1.88. The van der Waals surface area contributed by atoms with E-state index in [1.807, 2.05) is 48.9 Å². The van der Waals surface area contributed by atoms with Crippen LogP contribution in [0.4, 0.5) is 11.4 Å². The first kappa shape index (κ1) is 21.0. The molecule has 3 aromatic rings. The van der Waals surface area contributed by atoms with E-state index in [0.29, 0.717) is 11.2 Å². The minimum Gasteiger partial charge on any atom is -0.469 e. The first-order valence-corrected chi connectivity index (χ1v) is 10.6. The van der Waals surface area contributed by atoms with Crippen LogP contribution in [0.25, 0.3) is 11.4 Å². The van der Waals surface area contributed by atoms with Crippen molar-refractivity contribution in [1.82, 2.24) is 14.8 Å². The number of nitrogens with one attached hydrogen (secondary N) is 1. The van der Waals surface area contributed by atoms with Gasteiger partial charge < -0.3 is 19.2 Å². The highest BCUT2D eigenvalue weighted by molar-refractivity contribution is 7.99. The molecule has 0 aliphatic carbocycles. The second kappa shape index (κ2) is 9.17. The smallest absolute Gasteiger partial charge is 0.234 e. The van der Waals surface area contributed by atoms with E-state index in [2.05, 4.69) is 41.2 Å². The number of hydrogen-bond acceptors (Lipinski definition) is 6. The van der Waals surface area contributed by atoms with Crippen LogP contribution in [0.5, 0.6) is 0 Å². The number of amides is 1. The number of aromatic nitrogens is 3. The van der Waals surface area contributed by atoms with Gasteiger partial charge in [0, 0.05) is 31.0 Å². The zero-order valence-corrected chi connectivity index (χ0v) is 18.3. The van der Waals surface area contributed by atoms with Gasteiger partial charge in [-0.2, -0.15) is 0 Å². The molecule has 0 unspecified atom stereocenters. The van der Waals surface area contributed by atoms with Gasteiger partial charge in [0.25, 0.3) is 0 Å². The Bertz CT molecular complexity index is 962. The van der Waals surface area contributed by atoms with Crippen LogP contribution in [0, 0.1) is 6.92 Å². The molecule has 0 saturated carbocycles. The van der Waals surface area contributed by atoms with Crippen LogP contribution in [-0.4, -0.2) is 39.0 Å². The lowest BCUT2D eigenvalue weighted by Crippen LogP contribution is -2.30. The number of hydrogen-bond donors (Lipinski definition) is 1. The number of carbonyl (C=O) groups is 1. The molecule has 29 heavy (non-hydrogen) atoms. The van der Waals surface area contributed by atoms with Gasteiger partial charge in [-0.25, -0.2) is 0 Å². The largest absolute Gasteiger partial charge is 0.469 e. The Morgan fingerprint density at radius 1 is 1.24 bits per heavy atom. The second-order valence-corrected chi connectivity index (χ2v) is 7.96. The van der Waals surface area contributed by atoms with Crippen LogP contribution in [0.3, 0.4) is 0 Å². The van der Waals surface area contributed by atoms with Crippen molar-refractivity contribution in [2.24, 2.45) is 7.05 Å². The maximum atomic E-state index is 12.4. The number of aryl methyl sites for hydroxylation is 1. The maximum absolute atomic E-state index is 12.4. The van der Waals surface area contributed by atoms with Gasteiger partial charge >= 0.3 is 0 Å². The van der Waals surface area contributed by atoms with E-state index in [1.54, 1.807) is 6.26 Å². The van der Waals surface area contributed by atoms with Gasteiger partial charge in [0.1, 0.15) is 5.76 Å². The van der Waals surface area contributed by atoms with Crippen molar-refractivity contribution in [3.05, 3.63) is 42.4 Å². The van der Waals surface area contributed by atoms with Crippen LogP contribution in [0.15, 0.2) is 46.2 Å². The summed E-state index contributed by atoms with van der Waals surface area (Å²) < 4.78 is 7.21. The maximum Gasteiger partial charge on any atom is 0.234 e. The van der Waals surface area contributed by atoms with E-state index >= 15 is 0 Å². The summed E-state index contributed by atoms with van der Waals surface area (Å²) in [4.78, 5) is 14.7. The highest BCUT2D eigenvalue weighted by Gasteiger charge is 2.16. The number of anilines is 2. The Morgan fingerprint density at radius 3 is 2.55 bits per heavy atom. The normalized spacial score (nSPS) is 11.1. The van der Waals surface area contributed by atoms with Crippen molar-refractivity contribution in [2.75, 3.05) is 22.5 Å². The predicted octanol–water partition coefficient (Wildman–Crippen LogP) is 4.35. The van der Waals surface area contributed by atoms with Gasteiger partial charge in [-0.05, 0) is 58.0 Å². The fraction of sp³-hybridized carbons (Fsp3) is 0.381. The SMILES string of the molecule is CCN(c1ccc(NC(=O)CSc2nnc(-c3ccoc3C)n2C)cc1)C(C)C. The lowest BCUT2D eigenvalue weighted by atomic mass is 10.2. The minimum absolute atomic E-state index is 0.0806. The molecule has 1 amide bonds. The van der Waals surface area contributed by atoms with E-state index in [9.17, 15) is 4.79 Å². The van der Waals surface area contributed by atoms with Crippen LogP contribution in [0.1, 0.15) is 26.5 Å². The molecule has 154 valence electrons. The first-order chi connectivity index (χ1) is 13.9. The molecule has 0 fully saturated rings. The van der Waals surface area contributed by atoms with E-state index in [0.717, 1.165) is 35.1 Å². The van der Waals surface area contributed by atoms with Crippen LogP contribution in [0.2, 0.25) is 0 Å². The topological polar surface area (TPSA) is 76.2 Å². The Hall–Kier alpha value is -2.74. The van der Waals surface area contributed by atoms with Crippen LogP contribution >= 0.6 is 11.8 Å². The third kappa shape index (κ3) is 4.82. The van der Waals surface area contributed by atoms with Gasteiger partial charge in [0.15, 0.2) is 11.0 Å². The van der Waals surface area contributed by atoms with Crippen molar-refractivity contribution >= 4 is 29.0 Å². The number of carbonyl (C=O) groups excluding carboxylic acids is 1. The van der Waals surface area contributed by atoms with E-state index in [4.69, 9.17) is 4.42 Å². The summed E-state index contributed by atoms with van der Waals surface area (Å²) in [6.45, 7) is 9.30. The summed E-state index contributed by atoms with van der Waals surface area (Å²) in [6, 6.07) is 10.2. The van der Waals surface area contributed by atoms with Gasteiger partial charge in [0.05, 0.1) is 17.6 Å². The molecule has 8 heteroatoms. The Labute approximate surface area is 175 Å². The molecule has 0 saturated heterocycles. The number of nitrogens with zero attached hydrogens (tertiary/aromatic N) is 4. The van der Waals surface area contributed by atoms with Crippen LogP contribution < -0.4 is 10.2 Å². The Balaban J connectivity index is 1.58. The molecule has 1 aromatic carbocycles. The number of furan rings is 1. The van der Waals surface area contributed by atoms with Gasteiger partial charge in [-0.3, -0.25) is 4.79 Å². The van der Waals surface area contributed by atoms with Crippen molar-refractivity contribution in [2.45, 2.75) is 38.9 Å². The average molecular weight is 414 g/mol. The van der Waals surface area contributed by atoms with Crippen LogP contribution in [-0.2, 0) is 11.8 Å². The fourth-order valence-electron chi connectivity index (χ4n) is 3.20. The third-order valence-corrected chi connectivity index (χ3v) is 5.73. The zero-order chi connectivity index (χ0) is 21.0. The summed E-state index contributed by atoms with van der Waals surface area (Å²) in [5.41, 5.74) is 2.83. The predicted molar refractivity (Wildman–Crippen MR) is 117 cm³/mol. The molecule has 0 aliphatic heterocycles. The number of benzene rings is 1. The lowest BCUT2D eigenvalue weighted by molar-refractivity contribution is -0.113. The quantitative estimate of drug-likeness (QED) is 0.553. The van der Waals surface area contributed by atoms with Gasteiger partial charge in [-0.15, -0.1) is 10.2 Å². The summed E-state index contributed by atoms with van der Waals surface area (Å²) in [5.74, 6) is 1.69. The highest BCUT2D eigenvalue weighted by atomic mass is 32.2. The average Bonchev–Trinajstić information content (AvgIpc) is 3.27. The fourth-order valence-corrected chi connectivity index (χ4v) is 3.91. The molecule has 2 heterocycles. The van der Waals surface area contributed by atoms with E-state index < -0.39 is 0 Å². The summed E-state index contributed by atoms with van der Waals surface area (Å²) >= 11 is 1.35. The van der Waals surface area contributed by atoms with Gasteiger partial charge in [0.2, 0.25) is 5.91 Å². The summed E-state index contributed by atoms with van der Waals surface area (Å²) in [5, 5.41) is 12.0. The standard InChI is InChI=1S/C21H27N5O2S/c1-6-26(14(2)3)17-9-7-16(8-10-17)22-19(27)13-29-21-24-23-20(25(21)5)18-11-12-28-15(18)4/h7-12,14H,6,13H2,1-5H3,(H,22,27). The number of rotatable bonds is 8. The molecule has 1 N–H and O–H groups in total. The molecule has 0 bridgehead atoms. The monoisotopic (exact) mass is 413 g/mol. The lowest BCUT2D eigenvalue weighted by Gasteiger charge is -2.27. The third-order valence-electron chi connectivity index (χ3n) is 4.71. The summed E-state index contributed by atoms with van der Waals surface area (Å²) in [6.07, 6.45) is 1.63. The molecule has 3 rings (SSSR count). The Kier molecular flexibility index (Phi) is 6.64.